The minimum Gasteiger partial charge on any atom is -0.494 e. The number of hydrogen-bond donors (Lipinski definition) is 2. The van der Waals surface area contributed by atoms with Crippen LogP contribution in [0.1, 0.15) is 111 Å². The first-order valence-electron chi connectivity index (χ1n) is 22.8. The fraction of sp³-hybridized carbons (Fsp3) is 0.415. The third-order valence-corrected chi connectivity index (χ3v) is 14.3. The molecule has 2 aromatic heterocycles. The number of carbonyl (C=O) groups is 2. The fourth-order valence-electron chi connectivity index (χ4n) is 10.6. The van der Waals surface area contributed by atoms with Crippen molar-refractivity contribution in [2.75, 3.05) is 25.6 Å². The van der Waals surface area contributed by atoms with Crippen LogP contribution in [0.3, 0.4) is 0 Å². The second-order valence-corrected chi connectivity index (χ2v) is 18.9. The summed E-state index contributed by atoms with van der Waals surface area (Å²) in [6, 6.07) is 27.7. The molecule has 0 saturated heterocycles. The van der Waals surface area contributed by atoms with Crippen molar-refractivity contribution < 1.29 is 24.2 Å². The van der Waals surface area contributed by atoms with Crippen LogP contribution in [0.2, 0.25) is 5.02 Å². The van der Waals surface area contributed by atoms with Gasteiger partial charge in [0.05, 0.1) is 18.8 Å². The number of nitrogens with zero attached hydrogens (tertiary/aromatic N) is 4. The number of carbonyl (C=O) groups excluding carboxylic acids is 1. The number of aliphatic carboxylic acids is 1. The molecule has 64 heavy (non-hydrogen) atoms. The summed E-state index contributed by atoms with van der Waals surface area (Å²) in [6.07, 6.45) is 13.6. The highest BCUT2D eigenvalue weighted by molar-refractivity contribution is 6.30. The molecule has 3 aliphatic carbocycles. The van der Waals surface area contributed by atoms with E-state index in [1.165, 1.54) is 22.4 Å². The topological polar surface area (TPSA) is 138 Å². The fourth-order valence-corrected chi connectivity index (χ4v) is 10.8. The van der Waals surface area contributed by atoms with E-state index in [1.807, 2.05) is 67.8 Å². The highest BCUT2D eigenvalue weighted by atomic mass is 35.5. The number of amides is 1. The number of aryl methyl sites for hydroxylation is 1. The number of halogens is 1. The Hall–Kier alpha value is -5.92. The van der Waals surface area contributed by atoms with Gasteiger partial charge in [-0.1, -0.05) is 55.8 Å². The van der Waals surface area contributed by atoms with Crippen molar-refractivity contribution in [3.05, 3.63) is 136 Å². The zero-order chi connectivity index (χ0) is 44.8. The molecule has 332 valence electrons. The Morgan fingerprint density at radius 1 is 1.02 bits per heavy atom. The summed E-state index contributed by atoms with van der Waals surface area (Å²) < 4.78 is 13.0. The van der Waals surface area contributed by atoms with Crippen LogP contribution in [0.15, 0.2) is 97.5 Å². The van der Waals surface area contributed by atoms with Gasteiger partial charge in [0, 0.05) is 66.1 Å². The van der Waals surface area contributed by atoms with Crippen LogP contribution in [0.4, 0.5) is 5.69 Å². The highest BCUT2D eigenvalue weighted by Crippen LogP contribution is 2.57. The van der Waals surface area contributed by atoms with Crippen molar-refractivity contribution in [2.45, 2.75) is 108 Å². The maximum atomic E-state index is 13.3. The van der Waals surface area contributed by atoms with Gasteiger partial charge in [-0.3, -0.25) is 14.8 Å². The second kappa shape index (κ2) is 19.4. The minimum atomic E-state index is -1.12. The van der Waals surface area contributed by atoms with E-state index in [2.05, 4.69) is 47.3 Å². The van der Waals surface area contributed by atoms with E-state index < -0.39 is 11.5 Å². The maximum absolute atomic E-state index is 13.3. The number of pyridine rings is 2. The number of nitriles is 1. The molecule has 0 radical (unpaired) electrons. The number of ether oxygens (including phenoxy) is 2. The molecule has 11 heteroatoms. The van der Waals surface area contributed by atoms with Crippen molar-refractivity contribution in [1.29, 1.82) is 5.26 Å². The number of carboxylic acids is 1. The summed E-state index contributed by atoms with van der Waals surface area (Å²) in [4.78, 5) is 37.0. The summed E-state index contributed by atoms with van der Waals surface area (Å²) in [5.74, 6) is 1.91. The molecule has 0 unspecified atom stereocenters. The molecule has 3 aromatic carbocycles. The molecular formula is C53H58ClN5O5. The van der Waals surface area contributed by atoms with Crippen LogP contribution < -0.4 is 14.8 Å². The summed E-state index contributed by atoms with van der Waals surface area (Å²) in [5, 5.41) is 24.0. The molecule has 5 aromatic rings. The van der Waals surface area contributed by atoms with Gasteiger partial charge in [-0.05, 0) is 158 Å². The van der Waals surface area contributed by atoms with E-state index in [9.17, 15) is 20.0 Å². The van der Waals surface area contributed by atoms with Crippen LogP contribution >= 0.6 is 11.6 Å². The minimum absolute atomic E-state index is 0.0322. The van der Waals surface area contributed by atoms with E-state index in [-0.39, 0.29) is 17.2 Å². The van der Waals surface area contributed by atoms with Crippen molar-refractivity contribution in [3.63, 3.8) is 0 Å². The monoisotopic (exact) mass is 879 g/mol. The van der Waals surface area contributed by atoms with Gasteiger partial charge in [0.1, 0.15) is 23.1 Å². The number of carboxylic acid groups (broad SMARTS) is 1. The van der Waals surface area contributed by atoms with Crippen molar-refractivity contribution in [3.8, 4) is 28.7 Å². The Bertz CT molecular complexity index is 2530. The molecule has 1 fully saturated rings. The van der Waals surface area contributed by atoms with Crippen molar-refractivity contribution in [2.24, 2.45) is 11.8 Å². The van der Waals surface area contributed by atoms with Gasteiger partial charge in [0.2, 0.25) is 5.91 Å². The maximum Gasteiger partial charge on any atom is 0.329 e. The molecule has 2 N–H and O–H groups in total. The largest absolute Gasteiger partial charge is 0.494 e. The number of aromatic nitrogens is 2. The van der Waals surface area contributed by atoms with E-state index in [4.69, 9.17) is 21.1 Å². The predicted octanol–water partition coefficient (Wildman–Crippen LogP) is 11.0. The standard InChI is InChI=1S/C53H58ClN5O5/c1-35(34-64-48-17-22-57-47-13-4-8-36(2)50(47)48)24-42-27-40-15-16-45(29-46(40)52(42)18-20-53(21-19-52,51(61)62)58-44-12-6-11-43(54)28-44)63-23-7-14-49(60)59(3)33-37-9-5-10-39(25-37)41-26-38(30-55)31-56-32-41/h5-6,9-12,15-17,22,25-26,28-29,31-32,35-36,42,58H,4,7-8,13-14,18-21,23-24,27,33-34H2,1-3H3,(H,61,62)/t35-,36-,42+,52?,53?/m1/s1. The molecule has 3 aliphatic rings. The van der Waals surface area contributed by atoms with E-state index in [1.54, 1.807) is 29.4 Å². The molecule has 2 heterocycles. The predicted molar refractivity (Wildman–Crippen MR) is 250 cm³/mol. The lowest BCUT2D eigenvalue weighted by molar-refractivity contribution is -0.144. The first kappa shape index (κ1) is 44.7. The first-order valence-corrected chi connectivity index (χ1v) is 23.2. The molecule has 0 aliphatic heterocycles. The zero-order valence-corrected chi connectivity index (χ0v) is 37.9. The zero-order valence-electron chi connectivity index (χ0n) is 37.1. The quantitative estimate of drug-likeness (QED) is 0.0928. The molecular weight excluding hydrogens is 822 g/mol. The average molecular weight is 881 g/mol. The van der Waals surface area contributed by atoms with Crippen LogP contribution in [0, 0.1) is 23.2 Å². The van der Waals surface area contributed by atoms with Crippen LogP contribution in [0.25, 0.3) is 11.1 Å². The van der Waals surface area contributed by atoms with Crippen LogP contribution in [-0.2, 0) is 34.4 Å². The molecule has 3 atom stereocenters. The Morgan fingerprint density at radius 3 is 2.64 bits per heavy atom. The summed E-state index contributed by atoms with van der Waals surface area (Å²) >= 11 is 6.33. The van der Waals surface area contributed by atoms with Gasteiger partial charge in [-0.25, -0.2) is 4.79 Å². The number of nitrogens with one attached hydrogen (secondary N) is 1. The SMILES string of the molecule is C[C@@H](COc1ccnc2c1[C@H](C)CCC2)C[C@H]1Cc2ccc(OCCCC(=O)N(C)Cc3cccc(-c4cncc(C#N)c4)c3)cc2C12CCC(Nc1cccc(Cl)c1)(C(=O)O)CC2. The molecule has 0 bridgehead atoms. The Morgan fingerprint density at radius 2 is 1.84 bits per heavy atom. The smallest absolute Gasteiger partial charge is 0.329 e. The van der Waals surface area contributed by atoms with Crippen molar-refractivity contribution >= 4 is 29.2 Å². The number of hydrogen-bond acceptors (Lipinski definition) is 8. The Kier molecular flexibility index (Phi) is 13.6. The summed E-state index contributed by atoms with van der Waals surface area (Å²) in [6.45, 7) is 6.00. The first-order chi connectivity index (χ1) is 30.9. The van der Waals surface area contributed by atoms with Crippen LogP contribution in [0.5, 0.6) is 11.5 Å². The van der Waals surface area contributed by atoms with E-state index in [0.29, 0.717) is 86.4 Å². The van der Waals surface area contributed by atoms with Gasteiger partial charge >= 0.3 is 5.97 Å². The van der Waals surface area contributed by atoms with Crippen LogP contribution in [-0.4, -0.2) is 57.7 Å². The molecule has 1 spiro atoms. The lowest BCUT2D eigenvalue weighted by Crippen LogP contribution is -2.53. The van der Waals surface area contributed by atoms with E-state index >= 15 is 0 Å². The number of rotatable bonds is 16. The number of anilines is 1. The van der Waals surface area contributed by atoms with Gasteiger partial charge in [-0.2, -0.15) is 5.26 Å². The lowest BCUT2D eigenvalue weighted by atomic mass is 9.59. The number of benzene rings is 3. The Balaban J connectivity index is 0.934. The number of fused-ring (bicyclic) bond motifs is 3. The molecule has 1 saturated carbocycles. The Labute approximate surface area is 382 Å². The van der Waals surface area contributed by atoms with Gasteiger partial charge in [0.25, 0.3) is 0 Å². The second-order valence-electron chi connectivity index (χ2n) is 18.5. The highest BCUT2D eigenvalue weighted by Gasteiger charge is 2.54. The molecule has 10 nitrogen and oxygen atoms in total. The normalized spacial score (nSPS) is 21.5. The van der Waals surface area contributed by atoms with Gasteiger partial charge in [-0.15, -0.1) is 0 Å². The lowest BCUT2D eigenvalue weighted by Gasteiger charge is -2.47. The van der Waals surface area contributed by atoms with Gasteiger partial charge < -0.3 is 24.8 Å². The van der Waals surface area contributed by atoms with Crippen molar-refractivity contribution in [1.82, 2.24) is 14.9 Å². The van der Waals surface area contributed by atoms with E-state index in [0.717, 1.165) is 60.3 Å². The summed E-state index contributed by atoms with van der Waals surface area (Å²) in [7, 11) is 1.82. The third-order valence-electron chi connectivity index (χ3n) is 14.0. The molecule has 1 amide bonds. The summed E-state index contributed by atoms with van der Waals surface area (Å²) in [5.41, 5.74) is 7.64. The average Bonchev–Trinajstić information content (AvgIpc) is 3.58. The third kappa shape index (κ3) is 9.75. The van der Waals surface area contributed by atoms with Gasteiger partial charge in [0.15, 0.2) is 0 Å². The molecule has 8 rings (SSSR count).